The molecule has 2 heterocycles. The number of benzene rings is 2. The number of imidazole rings is 1. The molecule has 0 unspecified atom stereocenters. The summed E-state index contributed by atoms with van der Waals surface area (Å²) in [4.78, 5) is 13.1. The van der Waals surface area contributed by atoms with Crippen molar-refractivity contribution in [2.24, 2.45) is 0 Å². The van der Waals surface area contributed by atoms with E-state index in [1.807, 2.05) is 53.1 Å². The fraction of sp³-hybridized carbons (Fsp3) is 0.0500. The Hall–Kier alpha value is -3.45. The fourth-order valence-electron chi connectivity index (χ4n) is 2.52. The van der Waals surface area contributed by atoms with E-state index < -0.39 is 0 Å². The van der Waals surface area contributed by atoms with Gasteiger partial charge in [-0.05, 0) is 23.6 Å². The van der Waals surface area contributed by atoms with Crippen molar-refractivity contribution < 1.29 is 0 Å². The zero-order valence-electron chi connectivity index (χ0n) is 12.9. The zero-order chi connectivity index (χ0) is 16.2. The van der Waals surface area contributed by atoms with Crippen LogP contribution in [0, 0.1) is 11.8 Å². The summed E-state index contributed by atoms with van der Waals surface area (Å²) in [5.74, 6) is 6.23. The predicted octanol–water partition coefficient (Wildman–Crippen LogP) is 3.27. The Labute approximate surface area is 139 Å². The third-order valence-electron chi connectivity index (χ3n) is 3.70. The van der Waals surface area contributed by atoms with Crippen molar-refractivity contribution >= 4 is 11.2 Å². The van der Waals surface area contributed by atoms with Crippen LogP contribution in [0.2, 0.25) is 0 Å². The first kappa shape index (κ1) is 14.2. The molecule has 114 valence electrons. The second-order valence-corrected chi connectivity index (χ2v) is 5.37. The molecule has 0 N–H and O–H groups in total. The summed E-state index contributed by atoms with van der Waals surface area (Å²) in [5.41, 5.74) is 4.33. The average molecular weight is 310 g/mol. The van der Waals surface area contributed by atoms with Crippen molar-refractivity contribution in [3.63, 3.8) is 0 Å². The molecular weight excluding hydrogens is 296 g/mol. The van der Waals surface area contributed by atoms with E-state index in [9.17, 15) is 0 Å². The zero-order valence-corrected chi connectivity index (χ0v) is 12.9. The lowest BCUT2D eigenvalue weighted by Gasteiger charge is -2.03. The third-order valence-corrected chi connectivity index (χ3v) is 3.70. The maximum Gasteiger partial charge on any atom is 0.164 e. The molecule has 4 heteroatoms. The maximum absolute atomic E-state index is 4.46. The molecule has 2 aromatic carbocycles. The van der Waals surface area contributed by atoms with Crippen LogP contribution in [0.4, 0.5) is 0 Å². The Morgan fingerprint density at radius 3 is 2.33 bits per heavy atom. The molecule has 2 aromatic heterocycles. The van der Waals surface area contributed by atoms with E-state index in [1.165, 1.54) is 5.56 Å². The molecule has 4 rings (SSSR count). The lowest BCUT2D eigenvalue weighted by molar-refractivity contribution is 0.813. The van der Waals surface area contributed by atoms with Crippen molar-refractivity contribution in [3.8, 4) is 11.8 Å². The minimum atomic E-state index is 0.649. The molecule has 0 aliphatic carbocycles. The lowest BCUT2D eigenvalue weighted by atomic mass is 10.2. The molecule has 4 nitrogen and oxygen atoms in total. The number of aromatic nitrogens is 4. The van der Waals surface area contributed by atoms with Crippen LogP contribution in [0.5, 0.6) is 0 Å². The van der Waals surface area contributed by atoms with Gasteiger partial charge < -0.3 is 4.57 Å². The summed E-state index contributed by atoms with van der Waals surface area (Å²) < 4.78 is 2.01. The molecule has 0 saturated carbocycles. The predicted molar refractivity (Wildman–Crippen MR) is 93.3 cm³/mol. The SMILES string of the molecule is C(#Cc1ncnc2c1ncn2Cc1ccccc1)c1ccccc1. The molecule has 0 spiro atoms. The summed E-state index contributed by atoms with van der Waals surface area (Å²) in [6, 6.07) is 20.1. The Morgan fingerprint density at radius 2 is 1.54 bits per heavy atom. The van der Waals surface area contributed by atoms with Gasteiger partial charge in [0.25, 0.3) is 0 Å². The van der Waals surface area contributed by atoms with Gasteiger partial charge in [0.2, 0.25) is 0 Å². The van der Waals surface area contributed by atoms with Crippen molar-refractivity contribution in [2.45, 2.75) is 6.54 Å². The number of fused-ring (bicyclic) bond motifs is 1. The number of rotatable bonds is 2. The van der Waals surface area contributed by atoms with Crippen LogP contribution in [0.25, 0.3) is 11.2 Å². The van der Waals surface area contributed by atoms with Crippen LogP contribution in [-0.2, 0) is 6.54 Å². The number of nitrogens with zero attached hydrogens (tertiary/aromatic N) is 4. The Balaban J connectivity index is 1.71. The van der Waals surface area contributed by atoms with E-state index in [2.05, 4.69) is 38.9 Å². The first-order valence-corrected chi connectivity index (χ1v) is 7.67. The monoisotopic (exact) mass is 310 g/mol. The van der Waals surface area contributed by atoms with E-state index >= 15 is 0 Å². The van der Waals surface area contributed by atoms with Gasteiger partial charge in [-0.25, -0.2) is 15.0 Å². The molecule has 0 fully saturated rings. The van der Waals surface area contributed by atoms with Crippen molar-refractivity contribution in [3.05, 3.63) is 90.1 Å². The van der Waals surface area contributed by atoms with Crippen LogP contribution in [0.3, 0.4) is 0 Å². The highest BCUT2D eigenvalue weighted by Crippen LogP contribution is 2.14. The van der Waals surface area contributed by atoms with Gasteiger partial charge in [0.15, 0.2) is 5.65 Å². The molecule has 0 amide bonds. The van der Waals surface area contributed by atoms with Crippen molar-refractivity contribution in [2.75, 3.05) is 0 Å². The van der Waals surface area contributed by atoms with E-state index in [0.29, 0.717) is 5.69 Å². The second-order valence-electron chi connectivity index (χ2n) is 5.37. The summed E-state index contributed by atoms with van der Waals surface area (Å²) in [6.45, 7) is 0.722. The Bertz CT molecular complexity index is 1020. The van der Waals surface area contributed by atoms with Crippen LogP contribution in [0.1, 0.15) is 16.8 Å². The maximum atomic E-state index is 4.46. The van der Waals surface area contributed by atoms with Crippen molar-refractivity contribution in [1.82, 2.24) is 19.5 Å². The normalized spacial score (nSPS) is 10.3. The van der Waals surface area contributed by atoms with Gasteiger partial charge in [0, 0.05) is 5.56 Å². The highest BCUT2D eigenvalue weighted by atomic mass is 15.1. The quantitative estimate of drug-likeness (QED) is 0.534. The first-order valence-electron chi connectivity index (χ1n) is 7.67. The standard InChI is InChI=1S/C20H14N4/c1-3-7-16(8-4-1)11-12-18-19-20(22-14-21-18)24(15-23-19)13-17-9-5-2-6-10-17/h1-10,14-15H,13H2. The van der Waals surface area contributed by atoms with E-state index in [0.717, 1.165) is 23.3 Å². The molecule has 0 saturated heterocycles. The lowest BCUT2D eigenvalue weighted by Crippen LogP contribution is -1.99. The van der Waals surface area contributed by atoms with Crippen LogP contribution in [0.15, 0.2) is 73.3 Å². The molecule has 0 aliphatic heterocycles. The molecule has 0 atom stereocenters. The smallest absolute Gasteiger partial charge is 0.164 e. The summed E-state index contributed by atoms with van der Waals surface area (Å²) in [6.07, 6.45) is 3.33. The fourth-order valence-corrected chi connectivity index (χ4v) is 2.52. The molecule has 0 bridgehead atoms. The van der Waals surface area contributed by atoms with Crippen molar-refractivity contribution in [1.29, 1.82) is 0 Å². The Kier molecular flexibility index (Phi) is 3.75. The van der Waals surface area contributed by atoms with Gasteiger partial charge in [0.1, 0.15) is 17.5 Å². The molecule has 24 heavy (non-hydrogen) atoms. The first-order chi connectivity index (χ1) is 11.9. The van der Waals surface area contributed by atoms with Crippen LogP contribution >= 0.6 is 0 Å². The van der Waals surface area contributed by atoms with Gasteiger partial charge in [-0.1, -0.05) is 54.5 Å². The summed E-state index contributed by atoms with van der Waals surface area (Å²) in [7, 11) is 0. The molecule has 4 aromatic rings. The van der Waals surface area contributed by atoms with Gasteiger partial charge in [-0.3, -0.25) is 0 Å². The van der Waals surface area contributed by atoms with E-state index in [-0.39, 0.29) is 0 Å². The molecular formula is C20H14N4. The molecule has 0 aliphatic rings. The summed E-state index contributed by atoms with van der Waals surface area (Å²) in [5, 5.41) is 0. The number of hydrogen-bond acceptors (Lipinski definition) is 3. The van der Waals surface area contributed by atoms with E-state index in [1.54, 1.807) is 12.7 Å². The van der Waals surface area contributed by atoms with Crippen LogP contribution < -0.4 is 0 Å². The van der Waals surface area contributed by atoms with E-state index in [4.69, 9.17) is 0 Å². The minimum Gasteiger partial charge on any atom is -0.311 e. The topological polar surface area (TPSA) is 43.6 Å². The summed E-state index contributed by atoms with van der Waals surface area (Å²) >= 11 is 0. The minimum absolute atomic E-state index is 0.649. The highest BCUT2D eigenvalue weighted by Gasteiger charge is 2.08. The largest absolute Gasteiger partial charge is 0.311 e. The third kappa shape index (κ3) is 2.88. The van der Waals surface area contributed by atoms with Gasteiger partial charge in [-0.15, -0.1) is 0 Å². The second kappa shape index (κ2) is 6.35. The van der Waals surface area contributed by atoms with Gasteiger partial charge in [-0.2, -0.15) is 0 Å². The average Bonchev–Trinajstić information content (AvgIpc) is 3.05. The molecule has 0 radical (unpaired) electrons. The van der Waals surface area contributed by atoms with Gasteiger partial charge in [0.05, 0.1) is 12.9 Å². The van der Waals surface area contributed by atoms with Gasteiger partial charge >= 0.3 is 0 Å². The highest BCUT2D eigenvalue weighted by molar-refractivity contribution is 5.76. The van der Waals surface area contributed by atoms with Crippen LogP contribution in [-0.4, -0.2) is 19.5 Å². The number of hydrogen-bond donors (Lipinski definition) is 0. The Morgan fingerprint density at radius 1 is 0.792 bits per heavy atom.